The maximum Gasteiger partial charge on any atom is 0.394 e. The largest absolute Gasteiger partial charge is 0.394 e. The first-order valence-electron chi connectivity index (χ1n) is 4.18. The molecule has 1 aromatic carbocycles. The Morgan fingerprint density at radius 1 is 1.35 bits per heavy atom. The smallest absolute Gasteiger partial charge is 0.370 e. The zero-order valence-corrected chi connectivity index (χ0v) is 9.43. The van der Waals surface area contributed by atoms with Crippen LogP contribution in [0.4, 0.5) is 4.39 Å². The van der Waals surface area contributed by atoms with Gasteiger partial charge >= 0.3 is 10.4 Å². The maximum absolute atomic E-state index is 12.6. The molecule has 0 aliphatic carbocycles. The summed E-state index contributed by atoms with van der Waals surface area (Å²) in [5, 5.41) is 0. The number of halogens is 1. The fourth-order valence-electron chi connectivity index (χ4n) is 0.818. The van der Waals surface area contributed by atoms with Gasteiger partial charge in [-0.15, -0.1) is 0 Å². The summed E-state index contributed by atoms with van der Waals surface area (Å²) in [6.07, 6.45) is 0. The molecule has 6 N–H and O–H groups in total. The van der Waals surface area contributed by atoms with Crippen molar-refractivity contribution < 1.29 is 21.9 Å². The summed E-state index contributed by atoms with van der Waals surface area (Å²) in [4.78, 5) is 3.74. The van der Waals surface area contributed by atoms with Gasteiger partial charge in [-0.25, -0.2) is 9.38 Å². The van der Waals surface area contributed by atoms with Crippen LogP contribution in [0.15, 0.2) is 29.3 Å². The van der Waals surface area contributed by atoms with E-state index in [1.54, 1.807) is 12.1 Å². The summed E-state index contributed by atoms with van der Waals surface area (Å²) in [6, 6.07) is 6.15. The van der Waals surface area contributed by atoms with Crippen molar-refractivity contribution in [3.63, 3.8) is 0 Å². The van der Waals surface area contributed by atoms with Crippen LogP contribution in [0.1, 0.15) is 5.56 Å². The summed E-state index contributed by atoms with van der Waals surface area (Å²) in [5.41, 5.74) is 11.0. The highest BCUT2D eigenvalue weighted by Gasteiger charge is 1.92. The van der Waals surface area contributed by atoms with Crippen LogP contribution < -0.4 is 11.5 Å². The molecule has 0 amide bonds. The quantitative estimate of drug-likeness (QED) is 0.336. The normalized spacial score (nSPS) is 10.1. The van der Waals surface area contributed by atoms with Crippen molar-refractivity contribution in [2.45, 2.75) is 6.54 Å². The number of hydrogen-bond acceptors (Lipinski definition) is 3. The third-order valence-electron chi connectivity index (χ3n) is 1.33. The molecule has 0 heterocycles. The van der Waals surface area contributed by atoms with Crippen molar-refractivity contribution in [2.24, 2.45) is 16.5 Å². The maximum atomic E-state index is 12.6. The van der Waals surface area contributed by atoms with Gasteiger partial charge in [-0.3, -0.25) is 9.11 Å². The van der Waals surface area contributed by atoms with Gasteiger partial charge in [0, 0.05) is 0 Å². The van der Waals surface area contributed by atoms with Crippen molar-refractivity contribution in [3.8, 4) is 0 Å². The average molecular weight is 265 g/mol. The van der Waals surface area contributed by atoms with Gasteiger partial charge < -0.3 is 11.5 Å². The molecule has 0 bridgehead atoms. The van der Waals surface area contributed by atoms with E-state index >= 15 is 0 Å². The van der Waals surface area contributed by atoms with Gasteiger partial charge in [-0.2, -0.15) is 8.42 Å². The average Bonchev–Trinajstić information content (AvgIpc) is 2.12. The lowest BCUT2D eigenvalue weighted by atomic mass is 10.2. The molecule has 7 nitrogen and oxygen atoms in total. The van der Waals surface area contributed by atoms with E-state index < -0.39 is 10.4 Å². The van der Waals surface area contributed by atoms with Gasteiger partial charge in [0.25, 0.3) is 0 Å². The van der Waals surface area contributed by atoms with E-state index in [4.69, 9.17) is 29.0 Å². The number of rotatable bonds is 2. The van der Waals surface area contributed by atoms with Gasteiger partial charge in [0.2, 0.25) is 0 Å². The van der Waals surface area contributed by atoms with Gasteiger partial charge in [-0.05, 0) is 17.7 Å². The predicted molar refractivity (Wildman–Crippen MR) is 60.1 cm³/mol. The monoisotopic (exact) mass is 265 g/mol. The third-order valence-corrected chi connectivity index (χ3v) is 1.33. The van der Waals surface area contributed by atoms with Gasteiger partial charge in [0.1, 0.15) is 5.82 Å². The Balaban J connectivity index is 0.000000437. The minimum atomic E-state index is -4.67. The molecule has 96 valence electrons. The lowest BCUT2D eigenvalue weighted by molar-refractivity contribution is 0.381. The first-order chi connectivity index (χ1) is 7.68. The molecule has 0 saturated carbocycles. The van der Waals surface area contributed by atoms with Crippen LogP contribution in [0.5, 0.6) is 0 Å². The number of nitrogens with zero attached hydrogens (tertiary/aromatic N) is 1. The number of aliphatic imine (C=N–C) groups is 1. The van der Waals surface area contributed by atoms with Crippen molar-refractivity contribution in [1.29, 1.82) is 0 Å². The van der Waals surface area contributed by atoms with Gasteiger partial charge in [0.05, 0.1) is 6.54 Å². The number of benzene rings is 1. The van der Waals surface area contributed by atoms with E-state index in [2.05, 4.69) is 4.99 Å². The second kappa shape index (κ2) is 6.78. The summed E-state index contributed by atoms with van der Waals surface area (Å²) in [7, 11) is -4.67. The van der Waals surface area contributed by atoms with Crippen molar-refractivity contribution >= 4 is 16.4 Å². The Morgan fingerprint density at radius 3 is 2.29 bits per heavy atom. The molecule has 0 unspecified atom stereocenters. The number of guanidine groups is 1. The van der Waals surface area contributed by atoms with E-state index in [9.17, 15) is 4.39 Å². The first-order valence-corrected chi connectivity index (χ1v) is 5.58. The molecular weight excluding hydrogens is 253 g/mol. The van der Waals surface area contributed by atoms with Crippen molar-refractivity contribution in [2.75, 3.05) is 0 Å². The summed E-state index contributed by atoms with van der Waals surface area (Å²) >= 11 is 0. The molecule has 0 fully saturated rings. The topological polar surface area (TPSA) is 139 Å². The lowest BCUT2D eigenvalue weighted by Gasteiger charge is -1.96. The summed E-state index contributed by atoms with van der Waals surface area (Å²) < 4.78 is 44.2. The Morgan fingerprint density at radius 2 is 1.88 bits per heavy atom. The Kier molecular flexibility index (Phi) is 6.10. The van der Waals surface area contributed by atoms with Crippen molar-refractivity contribution in [1.82, 2.24) is 0 Å². The molecule has 17 heavy (non-hydrogen) atoms. The number of nitrogens with two attached hydrogens (primary N) is 2. The molecular formula is C8H12FN3O4S. The van der Waals surface area contributed by atoms with Crippen LogP contribution in [0, 0.1) is 5.82 Å². The highest BCUT2D eigenvalue weighted by Crippen LogP contribution is 2.03. The van der Waals surface area contributed by atoms with Crippen LogP contribution in [0.2, 0.25) is 0 Å². The summed E-state index contributed by atoms with van der Waals surface area (Å²) in [6.45, 7) is 0.320. The molecule has 9 heteroatoms. The van der Waals surface area contributed by atoms with Gasteiger partial charge in [0.15, 0.2) is 5.96 Å². The van der Waals surface area contributed by atoms with E-state index in [0.29, 0.717) is 6.54 Å². The SMILES string of the molecule is NC(N)=NCc1cccc(F)c1.O=S(=O)(O)O. The Labute approximate surface area is 97.5 Å². The molecule has 0 aliphatic heterocycles. The first kappa shape index (κ1) is 15.3. The minimum absolute atomic E-state index is 0.0132. The van der Waals surface area contributed by atoms with Crippen LogP contribution in [-0.2, 0) is 16.9 Å². The van der Waals surface area contributed by atoms with Crippen LogP contribution in [0.3, 0.4) is 0 Å². The standard InChI is InChI=1S/C8H10FN3.H2O4S/c9-7-3-1-2-6(4-7)5-12-8(10)11;1-5(2,3)4/h1-4H,5H2,(H4,10,11,12);(H2,1,2,3,4). The predicted octanol–water partition coefficient (Wildman–Crippen LogP) is -0.0537. The minimum Gasteiger partial charge on any atom is -0.370 e. The zero-order chi connectivity index (χ0) is 13.5. The van der Waals surface area contributed by atoms with Crippen LogP contribution >= 0.6 is 0 Å². The molecule has 0 aliphatic rings. The Bertz CT molecular complexity index is 477. The second-order valence-corrected chi connectivity index (χ2v) is 3.71. The fraction of sp³-hybridized carbons (Fsp3) is 0.125. The summed E-state index contributed by atoms with van der Waals surface area (Å²) in [5.74, 6) is -0.266. The molecule has 0 aromatic heterocycles. The molecule has 0 saturated heterocycles. The second-order valence-electron chi connectivity index (χ2n) is 2.82. The van der Waals surface area contributed by atoms with Gasteiger partial charge in [-0.1, -0.05) is 12.1 Å². The molecule has 0 spiro atoms. The van der Waals surface area contributed by atoms with E-state index in [1.165, 1.54) is 12.1 Å². The van der Waals surface area contributed by atoms with Crippen LogP contribution in [0.25, 0.3) is 0 Å². The van der Waals surface area contributed by atoms with E-state index in [1.807, 2.05) is 0 Å². The Hall–Kier alpha value is -1.71. The van der Waals surface area contributed by atoms with Crippen LogP contribution in [-0.4, -0.2) is 23.5 Å². The molecule has 0 atom stereocenters. The highest BCUT2D eigenvalue weighted by atomic mass is 32.3. The van der Waals surface area contributed by atoms with Crippen molar-refractivity contribution in [3.05, 3.63) is 35.6 Å². The highest BCUT2D eigenvalue weighted by molar-refractivity contribution is 7.79. The molecule has 0 radical (unpaired) electrons. The number of hydrogen-bond donors (Lipinski definition) is 4. The fourth-order valence-corrected chi connectivity index (χ4v) is 0.818. The lowest BCUT2D eigenvalue weighted by Crippen LogP contribution is -2.22. The third kappa shape index (κ3) is 12.2. The molecule has 1 rings (SSSR count). The van der Waals surface area contributed by atoms with E-state index in [-0.39, 0.29) is 11.8 Å². The van der Waals surface area contributed by atoms with E-state index in [0.717, 1.165) is 5.56 Å². The zero-order valence-electron chi connectivity index (χ0n) is 8.62. The molecule has 1 aromatic rings.